The Labute approximate surface area is 164 Å². The number of methoxy groups -OCH3 is 1. The number of aryl methyl sites for hydroxylation is 2. The monoisotopic (exact) mass is 386 g/mol. The SMILES string of the molecule is COc1ccc(NC2CSC3(C2)CN(C(=O)CCc2cnn(C)c2)C3)cc1. The Morgan fingerprint density at radius 1 is 1.37 bits per heavy atom. The maximum Gasteiger partial charge on any atom is 0.222 e. The summed E-state index contributed by atoms with van der Waals surface area (Å²) in [5.74, 6) is 2.22. The first-order chi connectivity index (χ1) is 13.0. The summed E-state index contributed by atoms with van der Waals surface area (Å²) in [4.78, 5) is 14.5. The Kier molecular flexibility index (Phi) is 5.04. The first-order valence-corrected chi connectivity index (χ1v) is 10.3. The Morgan fingerprint density at radius 3 is 2.81 bits per heavy atom. The van der Waals surface area contributed by atoms with E-state index in [1.54, 1.807) is 11.8 Å². The highest BCUT2D eigenvalue weighted by molar-refractivity contribution is 8.01. The van der Waals surface area contributed by atoms with Crippen molar-refractivity contribution in [3.63, 3.8) is 0 Å². The number of ether oxygens (including phenoxy) is 1. The van der Waals surface area contributed by atoms with Crippen molar-refractivity contribution >= 4 is 23.4 Å². The van der Waals surface area contributed by atoms with Gasteiger partial charge in [0.2, 0.25) is 5.91 Å². The van der Waals surface area contributed by atoms with Gasteiger partial charge in [-0.25, -0.2) is 0 Å². The van der Waals surface area contributed by atoms with Crippen molar-refractivity contribution in [1.29, 1.82) is 0 Å². The normalized spacial score (nSPS) is 20.5. The van der Waals surface area contributed by atoms with Gasteiger partial charge in [0, 0.05) is 50.2 Å². The smallest absolute Gasteiger partial charge is 0.222 e. The van der Waals surface area contributed by atoms with Crippen LogP contribution in [0.5, 0.6) is 5.75 Å². The van der Waals surface area contributed by atoms with Gasteiger partial charge in [0.1, 0.15) is 5.75 Å². The number of amides is 1. The summed E-state index contributed by atoms with van der Waals surface area (Å²) in [6.07, 6.45) is 6.27. The van der Waals surface area contributed by atoms with Crippen LogP contribution in [0.2, 0.25) is 0 Å². The first kappa shape index (κ1) is 18.2. The van der Waals surface area contributed by atoms with Crippen LogP contribution in [0.15, 0.2) is 36.7 Å². The number of nitrogens with one attached hydrogen (secondary N) is 1. The van der Waals surface area contributed by atoms with E-state index >= 15 is 0 Å². The molecule has 2 aliphatic rings. The average Bonchev–Trinajstić information content (AvgIpc) is 3.25. The molecule has 1 aromatic carbocycles. The molecule has 2 fully saturated rings. The van der Waals surface area contributed by atoms with E-state index in [2.05, 4.69) is 22.5 Å². The van der Waals surface area contributed by atoms with Crippen molar-refractivity contribution in [3.8, 4) is 5.75 Å². The highest BCUT2D eigenvalue weighted by atomic mass is 32.2. The van der Waals surface area contributed by atoms with E-state index in [4.69, 9.17) is 4.74 Å². The number of benzene rings is 1. The number of aromatic nitrogens is 2. The molecule has 0 aliphatic carbocycles. The number of thioether (sulfide) groups is 1. The molecular formula is C20H26N4O2S. The summed E-state index contributed by atoms with van der Waals surface area (Å²) >= 11 is 2.01. The van der Waals surface area contributed by atoms with Crippen LogP contribution in [0.1, 0.15) is 18.4 Å². The molecule has 7 heteroatoms. The molecule has 0 radical (unpaired) electrons. The second-order valence-corrected chi connectivity index (χ2v) is 9.03. The third-order valence-corrected chi connectivity index (χ3v) is 6.97. The van der Waals surface area contributed by atoms with E-state index in [1.807, 2.05) is 48.2 Å². The number of hydrogen-bond donors (Lipinski definition) is 1. The van der Waals surface area contributed by atoms with Crippen LogP contribution in [0.4, 0.5) is 5.69 Å². The molecule has 0 saturated carbocycles. The third-order valence-electron chi connectivity index (χ3n) is 5.37. The Balaban J connectivity index is 1.23. The van der Waals surface area contributed by atoms with E-state index in [-0.39, 0.29) is 10.7 Å². The van der Waals surface area contributed by atoms with Crippen molar-refractivity contribution in [3.05, 3.63) is 42.2 Å². The van der Waals surface area contributed by atoms with Crippen LogP contribution in [0.25, 0.3) is 0 Å². The van der Waals surface area contributed by atoms with E-state index in [9.17, 15) is 4.79 Å². The second kappa shape index (κ2) is 7.46. The van der Waals surface area contributed by atoms with Gasteiger partial charge in [0.25, 0.3) is 0 Å². The van der Waals surface area contributed by atoms with Crippen molar-refractivity contribution in [1.82, 2.24) is 14.7 Å². The fourth-order valence-electron chi connectivity index (χ4n) is 3.92. The number of likely N-dealkylation sites (tertiary alicyclic amines) is 1. The molecule has 6 nitrogen and oxygen atoms in total. The van der Waals surface area contributed by atoms with Gasteiger partial charge in [-0.1, -0.05) is 0 Å². The van der Waals surface area contributed by atoms with Crippen molar-refractivity contribution in [2.75, 3.05) is 31.3 Å². The largest absolute Gasteiger partial charge is 0.497 e. The van der Waals surface area contributed by atoms with E-state index in [0.717, 1.165) is 48.7 Å². The second-order valence-electron chi connectivity index (χ2n) is 7.54. The van der Waals surface area contributed by atoms with Gasteiger partial charge in [-0.15, -0.1) is 11.8 Å². The number of carbonyl (C=O) groups excluding carboxylic acids is 1. The van der Waals surface area contributed by atoms with E-state index < -0.39 is 0 Å². The zero-order chi connectivity index (χ0) is 18.9. The first-order valence-electron chi connectivity index (χ1n) is 9.35. The fraction of sp³-hybridized carbons (Fsp3) is 0.500. The van der Waals surface area contributed by atoms with E-state index in [1.165, 1.54) is 0 Å². The standard InChI is InChI=1S/C20H26N4O2S/c1-23-11-15(10-21-23)3-8-19(25)24-13-20(14-24)9-17(12-27-20)22-16-4-6-18(26-2)7-5-16/h4-7,10-11,17,22H,3,8-9,12-14H2,1-2H3. The summed E-state index contributed by atoms with van der Waals surface area (Å²) in [5.41, 5.74) is 2.25. The molecule has 1 unspecified atom stereocenters. The van der Waals surface area contributed by atoms with Crippen LogP contribution in [0.3, 0.4) is 0 Å². The van der Waals surface area contributed by atoms with Crippen LogP contribution >= 0.6 is 11.8 Å². The topological polar surface area (TPSA) is 59.4 Å². The van der Waals surface area contributed by atoms with Gasteiger partial charge in [-0.05, 0) is 42.7 Å². The molecule has 2 saturated heterocycles. The Bertz CT molecular complexity index is 799. The fourth-order valence-corrected chi connectivity index (χ4v) is 5.49. The van der Waals surface area contributed by atoms with Crippen molar-refractivity contribution < 1.29 is 9.53 Å². The molecular weight excluding hydrogens is 360 g/mol. The van der Waals surface area contributed by atoms with Crippen LogP contribution in [-0.4, -0.2) is 57.3 Å². The zero-order valence-electron chi connectivity index (χ0n) is 15.9. The number of hydrogen-bond acceptors (Lipinski definition) is 5. The lowest BCUT2D eigenvalue weighted by Crippen LogP contribution is -2.60. The predicted octanol–water partition coefficient (Wildman–Crippen LogP) is 2.56. The van der Waals surface area contributed by atoms with Crippen LogP contribution in [-0.2, 0) is 18.3 Å². The molecule has 4 rings (SSSR count). The van der Waals surface area contributed by atoms with Gasteiger partial charge >= 0.3 is 0 Å². The molecule has 1 amide bonds. The summed E-state index contributed by atoms with van der Waals surface area (Å²) < 4.78 is 7.23. The molecule has 144 valence electrons. The molecule has 1 aromatic heterocycles. The molecule has 1 spiro atoms. The maximum atomic E-state index is 12.4. The summed E-state index contributed by atoms with van der Waals surface area (Å²) in [5, 5.41) is 7.78. The Morgan fingerprint density at radius 2 is 2.15 bits per heavy atom. The molecule has 1 N–H and O–H groups in total. The molecule has 3 heterocycles. The summed E-state index contributed by atoms with van der Waals surface area (Å²) in [6, 6.07) is 8.53. The lowest BCUT2D eigenvalue weighted by atomic mass is 9.91. The van der Waals surface area contributed by atoms with E-state index in [0.29, 0.717) is 12.5 Å². The number of anilines is 1. The third kappa shape index (κ3) is 4.08. The minimum atomic E-state index is 0.244. The molecule has 0 bridgehead atoms. The van der Waals surface area contributed by atoms with Crippen molar-refractivity contribution in [2.45, 2.75) is 30.1 Å². The highest BCUT2D eigenvalue weighted by Crippen LogP contribution is 2.46. The quantitative estimate of drug-likeness (QED) is 0.827. The minimum Gasteiger partial charge on any atom is -0.497 e. The summed E-state index contributed by atoms with van der Waals surface area (Å²) in [6.45, 7) is 1.76. The van der Waals surface area contributed by atoms with Crippen molar-refractivity contribution in [2.24, 2.45) is 7.05 Å². The Hall–Kier alpha value is -2.15. The van der Waals surface area contributed by atoms with Gasteiger partial charge in [0.15, 0.2) is 0 Å². The minimum absolute atomic E-state index is 0.244. The lowest BCUT2D eigenvalue weighted by molar-refractivity contribution is -0.136. The van der Waals surface area contributed by atoms with Gasteiger partial charge in [0.05, 0.1) is 18.1 Å². The molecule has 2 aromatic rings. The maximum absolute atomic E-state index is 12.4. The zero-order valence-corrected chi connectivity index (χ0v) is 16.7. The number of rotatable bonds is 6. The molecule has 27 heavy (non-hydrogen) atoms. The van der Waals surface area contributed by atoms with Gasteiger partial charge in [-0.3, -0.25) is 9.48 Å². The number of carbonyl (C=O) groups is 1. The predicted molar refractivity (Wildman–Crippen MR) is 108 cm³/mol. The van der Waals surface area contributed by atoms with Gasteiger partial charge < -0.3 is 15.0 Å². The average molecular weight is 387 g/mol. The number of nitrogens with zero attached hydrogens (tertiary/aromatic N) is 3. The van der Waals surface area contributed by atoms with Crippen LogP contribution in [0, 0.1) is 0 Å². The molecule has 2 aliphatic heterocycles. The molecule has 1 atom stereocenters. The lowest BCUT2D eigenvalue weighted by Gasteiger charge is -2.47. The highest BCUT2D eigenvalue weighted by Gasteiger charge is 2.50. The van der Waals surface area contributed by atoms with Crippen LogP contribution < -0.4 is 10.1 Å². The summed E-state index contributed by atoms with van der Waals surface area (Å²) in [7, 11) is 3.58. The van der Waals surface area contributed by atoms with Gasteiger partial charge in [-0.2, -0.15) is 5.10 Å².